The van der Waals surface area contributed by atoms with Gasteiger partial charge in [0, 0.05) is 21.6 Å². The van der Waals surface area contributed by atoms with Crippen LogP contribution in [0.15, 0.2) is 51.8 Å². The second-order valence-corrected chi connectivity index (χ2v) is 5.59. The molecule has 0 N–H and O–H groups in total. The van der Waals surface area contributed by atoms with E-state index in [4.69, 9.17) is 0 Å². The average Bonchev–Trinajstić information content (AvgIpc) is 3.08. The minimum absolute atomic E-state index is 0.592. The Morgan fingerprint density at radius 3 is 2.79 bits per heavy atom. The fourth-order valence-electron chi connectivity index (χ4n) is 1.86. The molecule has 0 unspecified atom stereocenters. The summed E-state index contributed by atoms with van der Waals surface area (Å²) in [6.07, 6.45) is 2.59. The predicted molar refractivity (Wildman–Crippen MR) is 80.0 cm³/mol. The molecule has 5 heteroatoms. The molecule has 0 amide bonds. The molecule has 3 rings (SSSR count). The van der Waals surface area contributed by atoms with Crippen LogP contribution in [0.25, 0.3) is 16.9 Å². The molecule has 0 radical (unpaired) electrons. The molecule has 94 valence electrons. The van der Waals surface area contributed by atoms with E-state index in [1.165, 1.54) is 0 Å². The van der Waals surface area contributed by atoms with Crippen LogP contribution in [0, 0.1) is 0 Å². The van der Waals surface area contributed by atoms with Gasteiger partial charge < -0.3 is 0 Å². The Labute approximate surface area is 122 Å². The molecule has 2 heterocycles. The molecule has 2 aromatic heterocycles. The lowest BCUT2D eigenvalue weighted by atomic mass is 10.2. The Morgan fingerprint density at radius 1 is 1.26 bits per heavy atom. The molecule has 0 bridgehead atoms. The standard InChI is InChI=1S/C14H9BrN2OS/c15-12-3-1-2-4-13(12)17-7-11(8-18)14(16-17)10-5-6-19-9-10/h1-9H. The number of carbonyl (C=O) groups is 1. The van der Waals surface area contributed by atoms with Crippen LogP contribution in [0.5, 0.6) is 0 Å². The molecule has 0 aliphatic carbocycles. The van der Waals surface area contributed by atoms with Gasteiger partial charge in [-0.25, -0.2) is 4.68 Å². The number of aromatic nitrogens is 2. The first kappa shape index (κ1) is 12.3. The fraction of sp³-hybridized carbons (Fsp3) is 0. The largest absolute Gasteiger partial charge is 0.298 e. The first-order valence-electron chi connectivity index (χ1n) is 5.62. The van der Waals surface area contributed by atoms with Crippen LogP contribution in [0.2, 0.25) is 0 Å². The fourth-order valence-corrected chi connectivity index (χ4v) is 2.97. The lowest BCUT2D eigenvalue weighted by Gasteiger charge is -2.03. The third-order valence-electron chi connectivity index (χ3n) is 2.76. The van der Waals surface area contributed by atoms with Gasteiger partial charge >= 0.3 is 0 Å². The van der Waals surface area contributed by atoms with E-state index in [1.54, 1.807) is 22.2 Å². The van der Waals surface area contributed by atoms with Gasteiger partial charge in [-0.05, 0) is 39.5 Å². The zero-order chi connectivity index (χ0) is 13.2. The van der Waals surface area contributed by atoms with E-state index >= 15 is 0 Å². The molecule has 0 saturated heterocycles. The minimum atomic E-state index is 0.592. The second-order valence-electron chi connectivity index (χ2n) is 3.96. The molecule has 1 aromatic carbocycles. The summed E-state index contributed by atoms with van der Waals surface area (Å²) in [6, 6.07) is 9.74. The van der Waals surface area contributed by atoms with E-state index in [-0.39, 0.29) is 0 Å². The summed E-state index contributed by atoms with van der Waals surface area (Å²) in [4.78, 5) is 11.2. The van der Waals surface area contributed by atoms with Crippen molar-refractivity contribution in [3.05, 3.63) is 57.3 Å². The SMILES string of the molecule is O=Cc1cn(-c2ccccc2Br)nc1-c1ccsc1. The summed E-state index contributed by atoms with van der Waals surface area (Å²) in [5.41, 5.74) is 3.19. The Bertz CT molecular complexity index is 719. The Kier molecular flexibility index (Phi) is 3.31. The Balaban J connectivity index is 2.15. The van der Waals surface area contributed by atoms with Crippen LogP contribution in [0.3, 0.4) is 0 Å². The molecule has 0 aliphatic rings. The molecule has 0 saturated carbocycles. The maximum absolute atomic E-state index is 11.2. The number of hydrogen-bond donors (Lipinski definition) is 0. The second kappa shape index (κ2) is 5.11. The lowest BCUT2D eigenvalue weighted by molar-refractivity contribution is 0.112. The summed E-state index contributed by atoms with van der Waals surface area (Å²) in [7, 11) is 0. The number of carbonyl (C=O) groups excluding carboxylic acids is 1. The summed E-state index contributed by atoms with van der Waals surface area (Å²) in [5, 5.41) is 8.48. The van der Waals surface area contributed by atoms with E-state index in [0.717, 1.165) is 22.0 Å². The van der Waals surface area contributed by atoms with Crippen LogP contribution in [-0.4, -0.2) is 16.1 Å². The van der Waals surface area contributed by atoms with Crippen molar-refractivity contribution >= 4 is 33.6 Å². The van der Waals surface area contributed by atoms with Crippen molar-refractivity contribution in [1.29, 1.82) is 0 Å². The van der Waals surface area contributed by atoms with Gasteiger partial charge in [-0.2, -0.15) is 16.4 Å². The van der Waals surface area contributed by atoms with E-state index in [9.17, 15) is 4.79 Å². The molecule has 3 nitrogen and oxygen atoms in total. The number of thiophene rings is 1. The zero-order valence-electron chi connectivity index (χ0n) is 9.79. The first-order valence-corrected chi connectivity index (χ1v) is 7.35. The van der Waals surface area contributed by atoms with Crippen LogP contribution >= 0.6 is 27.3 Å². The highest BCUT2D eigenvalue weighted by molar-refractivity contribution is 9.10. The van der Waals surface area contributed by atoms with Crippen molar-refractivity contribution in [3.8, 4) is 16.9 Å². The third-order valence-corrected chi connectivity index (χ3v) is 4.12. The maximum Gasteiger partial charge on any atom is 0.153 e. The maximum atomic E-state index is 11.2. The van der Waals surface area contributed by atoms with Gasteiger partial charge in [-0.15, -0.1) is 0 Å². The lowest BCUT2D eigenvalue weighted by Crippen LogP contribution is -1.95. The molecule has 0 atom stereocenters. The van der Waals surface area contributed by atoms with Crippen LogP contribution in [-0.2, 0) is 0 Å². The topological polar surface area (TPSA) is 34.9 Å². The van der Waals surface area contributed by atoms with Gasteiger partial charge in [0.1, 0.15) is 5.69 Å². The number of nitrogens with zero attached hydrogens (tertiary/aromatic N) is 2. The van der Waals surface area contributed by atoms with Gasteiger partial charge in [0.05, 0.1) is 11.3 Å². The molecular weight excluding hydrogens is 324 g/mol. The van der Waals surface area contributed by atoms with Crippen molar-refractivity contribution in [2.45, 2.75) is 0 Å². The number of benzene rings is 1. The molecule has 0 aliphatic heterocycles. The third kappa shape index (κ3) is 2.27. The normalized spacial score (nSPS) is 10.6. The van der Waals surface area contributed by atoms with E-state index in [1.807, 2.05) is 41.1 Å². The molecule has 0 spiro atoms. The monoisotopic (exact) mass is 332 g/mol. The number of halogens is 1. The van der Waals surface area contributed by atoms with Gasteiger partial charge in [0.15, 0.2) is 6.29 Å². The van der Waals surface area contributed by atoms with Crippen molar-refractivity contribution in [2.24, 2.45) is 0 Å². The number of aldehydes is 1. The van der Waals surface area contributed by atoms with Crippen LogP contribution in [0.4, 0.5) is 0 Å². The highest BCUT2D eigenvalue weighted by Gasteiger charge is 2.13. The van der Waals surface area contributed by atoms with Crippen molar-refractivity contribution < 1.29 is 4.79 Å². The Hall–Kier alpha value is -1.72. The van der Waals surface area contributed by atoms with Crippen LogP contribution < -0.4 is 0 Å². The Morgan fingerprint density at radius 2 is 2.11 bits per heavy atom. The van der Waals surface area contributed by atoms with Crippen molar-refractivity contribution in [3.63, 3.8) is 0 Å². The van der Waals surface area contributed by atoms with Gasteiger partial charge in [0.25, 0.3) is 0 Å². The number of para-hydroxylation sites is 1. The first-order chi connectivity index (χ1) is 9.29. The van der Waals surface area contributed by atoms with E-state index < -0.39 is 0 Å². The van der Waals surface area contributed by atoms with Gasteiger partial charge in [-0.1, -0.05) is 12.1 Å². The summed E-state index contributed by atoms with van der Waals surface area (Å²) < 4.78 is 2.66. The number of hydrogen-bond acceptors (Lipinski definition) is 3. The zero-order valence-corrected chi connectivity index (χ0v) is 12.2. The van der Waals surface area contributed by atoms with Crippen LogP contribution in [0.1, 0.15) is 10.4 Å². The summed E-state index contributed by atoms with van der Waals surface area (Å²) >= 11 is 5.08. The van der Waals surface area contributed by atoms with E-state index in [2.05, 4.69) is 21.0 Å². The van der Waals surface area contributed by atoms with E-state index in [0.29, 0.717) is 11.3 Å². The molecule has 0 fully saturated rings. The predicted octanol–water partition coefficient (Wildman–Crippen LogP) is 4.18. The average molecular weight is 333 g/mol. The summed E-state index contributed by atoms with van der Waals surface area (Å²) in [5.74, 6) is 0. The molecule has 3 aromatic rings. The smallest absolute Gasteiger partial charge is 0.153 e. The van der Waals surface area contributed by atoms with Gasteiger partial charge in [-0.3, -0.25) is 4.79 Å². The quantitative estimate of drug-likeness (QED) is 0.674. The van der Waals surface area contributed by atoms with Crippen molar-refractivity contribution in [1.82, 2.24) is 9.78 Å². The van der Waals surface area contributed by atoms with Gasteiger partial charge in [0.2, 0.25) is 0 Å². The summed E-state index contributed by atoms with van der Waals surface area (Å²) in [6.45, 7) is 0. The highest BCUT2D eigenvalue weighted by atomic mass is 79.9. The van der Waals surface area contributed by atoms with Crippen molar-refractivity contribution in [2.75, 3.05) is 0 Å². The number of rotatable bonds is 3. The molecular formula is C14H9BrN2OS. The highest BCUT2D eigenvalue weighted by Crippen LogP contribution is 2.26. The minimum Gasteiger partial charge on any atom is -0.298 e. The molecule has 19 heavy (non-hydrogen) atoms.